The van der Waals surface area contributed by atoms with E-state index in [4.69, 9.17) is 0 Å². The third-order valence-electron chi connectivity index (χ3n) is 4.14. The van der Waals surface area contributed by atoms with Crippen molar-refractivity contribution in [2.24, 2.45) is 11.3 Å². The molecule has 0 aliphatic heterocycles. The van der Waals surface area contributed by atoms with E-state index in [1.807, 2.05) is 11.3 Å². The van der Waals surface area contributed by atoms with Gasteiger partial charge < -0.3 is 5.32 Å². The highest BCUT2D eigenvalue weighted by molar-refractivity contribution is 9.10. The zero-order valence-electron chi connectivity index (χ0n) is 11.6. The highest BCUT2D eigenvalue weighted by atomic mass is 79.9. The van der Waals surface area contributed by atoms with Crippen LogP contribution in [0.1, 0.15) is 51.3 Å². The van der Waals surface area contributed by atoms with Gasteiger partial charge in [0.15, 0.2) is 0 Å². The highest BCUT2D eigenvalue weighted by Crippen LogP contribution is 2.37. The van der Waals surface area contributed by atoms with Gasteiger partial charge in [0.1, 0.15) is 0 Å². The molecule has 0 aromatic carbocycles. The predicted octanol–water partition coefficient (Wildman–Crippen LogP) is 5.21. The molecule has 0 unspecified atom stereocenters. The first kappa shape index (κ1) is 14.5. The molecule has 0 saturated heterocycles. The Morgan fingerprint density at radius 2 is 1.94 bits per heavy atom. The SMILES string of the molecule is CC(C)(C)C1CCC(NCc2cc(Br)cs2)CC1. The van der Waals surface area contributed by atoms with E-state index >= 15 is 0 Å². The summed E-state index contributed by atoms with van der Waals surface area (Å²) in [5, 5.41) is 5.87. The van der Waals surface area contributed by atoms with Gasteiger partial charge in [-0.05, 0) is 59.0 Å². The second kappa shape index (κ2) is 6.06. The van der Waals surface area contributed by atoms with Gasteiger partial charge in [-0.2, -0.15) is 0 Å². The molecule has 0 atom stereocenters. The van der Waals surface area contributed by atoms with Crippen molar-refractivity contribution in [2.45, 2.75) is 59.0 Å². The Bertz CT molecular complexity index is 372. The Kier molecular flexibility index (Phi) is 4.90. The third kappa shape index (κ3) is 4.07. The average molecular weight is 330 g/mol. The summed E-state index contributed by atoms with van der Waals surface area (Å²) in [4.78, 5) is 1.43. The van der Waals surface area contributed by atoms with E-state index in [1.54, 1.807) is 0 Å². The van der Waals surface area contributed by atoms with E-state index in [0.717, 1.165) is 18.5 Å². The van der Waals surface area contributed by atoms with Gasteiger partial charge in [-0.1, -0.05) is 20.8 Å². The van der Waals surface area contributed by atoms with Crippen LogP contribution in [-0.4, -0.2) is 6.04 Å². The van der Waals surface area contributed by atoms with Crippen molar-refractivity contribution in [2.75, 3.05) is 0 Å². The molecule has 1 aromatic heterocycles. The predicted molar refractivity (Wildman–Crippen MR) is 84.1 cm³/mol. The Hall–Kier alpha value is 0.140. The van der Waals surface area contributed by atoms with Crippen molar-refractivity contribution in [3.8, 4) is 0 Å². The molecule has 1 saturated carbocycles. The standard InChI is InChI=1S/C15H24BrNS/c1-15(2,3)11-4-6-13(7-5-11)17-9-14-8-12(16)10-18-14/h8,10-11,13,17H,4-7,9H2,1-3H3. The normalized spacial score (nSPS) is 25.3. The molecule has 1 fully saturated rings. The van der Waals surface area contributed by atoms with E-state index in [-0.39, 0.29) is 0 Å². The molecule has 1 aromatic rings. The van der Waals surface area contributed by atoms with E-state index in [1.165, 1.54) is 35.0 Å². The van der Waals surface area contributed by atoms with Gasteiger partial charge in [-0.15, -0.1) is 11.3 Å². The Morgan fingerprint density at radius 3 is 2.44 bits per heavy atom. The smallest absolute Gasteiger partial charge is 0.0302 e. The van der Waals surface area contributed by atoms with Gasteiger partial charge in [-0.3, -0.25) is 0 Å². The average Bonchev–Trinajstić information content (AvgIpc) is 2.72. The van der Waals surface area contributed by atoms with Crippen LogP contribution in [0.2, 0.25) is 0 Å². The maximum atomic E-state index is 3.71. The second-order valence-electron chi connectivity index (χ2n) is 6.53. The van der Waals surface area contributed by atoms with Crippen molar-refractivity contribution in [1.29, 1.82) is 0 Å². The number of rotatable bonds is 3. The molecule has 1 aliphatic rings. The van der Waals surface area contributed by atoms with Crippen molar-refractivity contribution in [3.05, 3.63) is 20.8 Å². The molecule has 0 bridgehead atoms. The molecule has 3 heteroatoms. The molecule has 0 spiro atoms. The molecule has 0 radical (unpaired) electrons. The summed E-state index contributed by atoms with van der Waals surface area (Å²) in [6.07, 6.45) is 5.45. The lowest BCUT2D eigenvalue weighted by Gasteiger charge is -2.37. The van der Waals surface area contributed by atoms with Gasteiger partial charge in [0.05, 0.1) is 0 Å². The Labute approximate surface area is 123 Å². The molecule has 2 rings (SSSR count). The van der Waals surface area contributed by atoms with E-state index in [0.29, 0.717) is 5.41 Å². The van der Waals surface area contributed by atoms with E-state index in [2.05, 4.69) is 53.5 Å². The molecule has 1 nitrogen and oxygen atoms in total. The van der Waals surface area contributed by atoms with Gasteiger partial charge >= 0.3 is 0 Å². The lowest BCUT2D eigenvalue weighted by Crippen LogP contribution is -2.35. The molecule has 0 amide bonds. The number of hydrogen-bond donors (Lipinski definition) is 1. The minimum Gasteiger partial charge on any atom is -0.309 e. The first-order valence-corrected chi connectivity index (χ1v) is 8.58. The Balaban J connectivity index is 1.74. The fraction of sp³-hybridized carbons (Fsp3) is 0.733. The molecular weight excluding hydrogens is 306 g/mol. The van der Waals surface area contributed by atoms with Crippen LogP contribution in [-0.2, 0) is 6.54 Å². The van der Waals surface area contributed by atoms with Crippen molar-refractivity contribution < 1.29 is 0 Å². The van der Waals surface area contributed by atoms with Crippen LogP contribution in [0.15, 0.2) is 15.9 Å². The summed E-state index contributed by atoms with van der Waals surface area (Å²) in [6.45, 7) is 8.18. The molecule has 102 valence electrons. The van der Waals surface area contributed by atoms with Crippen LogP contribution in [0.3, 0.4) is 0 Å². The zero-order valence-corrected chi connectivity index (χ0v) is 14.0. The van der Waals surface area contributed by atoms with Crippen LogP contribution < -0.4 is 5.32 Å². The molecule has 1 aliphatic carbocycles. The monoisotopic (exact) mass is 329 g/mol. The van der Waals surface area contributed by atoms with E-state index < -0.39 is 0 Å². The van der Waals surface area contributed by atoms with E-state index in [9.17, 15) is 0 Å². The summed E-state index contributed by atoms with van der Waals surface area (Å²) in [7, 11) is 0. The molecule has 1 heterocycles. The van der Waals surface area contributed by atoms with Crippen LogP contribution >= 0.6 is 27.3 Å². The van der Waals surface area contributed by atoms with Gasteiger partial charge in [-0.25, -0.2) is 0 Å². The van der Waals surface area contributed by atoms with Crippen LogP contribution in [0, 0.1) is 11.3 Å². The summed E-state index contributed by atoms with van der Waals surface area (Å²) in [5.41, 5.74) is 0.490. The third-order valence-corrected chi connectivity index (χ3v) is 5.84. The number of thiophene rings is 1. The number of hydrogen-bond acceptors (Lipinski definition) is 2. The Morgan fingerprint density at radius 1 is 1.28 bits per heavy atom. The lowest BCUT2D eigenvalue weighted by atomic mass is 9.71. The maximum Gasteiger partial charge on any atom is 0.0302 e. The summed E-state index contributed by atoms with van der Waals surface area (Å²) >= 11 is 5.34. The van der Waals surface area contributed by atoms with Crippen molar-refractivity contribution in [3.63, 3.8) is 0 Å². The second-order valence-corrected chi connectivity index (χ2v) is 8.44. The summed E-state index contributed by atoms with van der Waals surface area (Å²) in [5.74, 6) is 0.909. The summed E-state index contributed by atoms with van der Waals surface area (Å²) < 4.78 is 1.21. The largest absolute Gasteiger partial charge is 0.309 e. The summed E-state index contributed by atoms with van der Waals surface area (Å²) in [6, 6.07) is 2.95. The van der Waals surface area contributed by atoms with Gasteiger partial charge in [0.2, 0.25) is 0 Å². The van der Waals surface area contributed by atoms with Gasteiger partial charge in [0, 0.05) is 27.3 Å². The number of nitrogens with one attached hydrogen (secondary N) is 1. The minimum absolute atomic E-state index is 0.490. The fourth-order valence-corrected chi connectivity index (χ4v) is 4.26. The van der Waals surface area contributed by atoms with Crippen LogP contribution in [0.25, 0.3) is 0 Å². The molecular formula is C15H24BrNS. The van der Waals surface area contributed by atoms with Crippen molar-refractivity contribution in [1.82, 2.24) is 5.32 Å². The lowest BCUT2D eigenvalue weighted by molar-refractivity contribution is 0.160. The van der Waals surface area contributed by atoms with Crippen LogP contribution in [0.4, 0.5) is 0 Å². The fourth-order valence-electron chi connectivity index (χ4n) is 2.86. The molecule has 1 N–H and O–H groups in total. The zero-order chi connectivity index (χ0) is 13.2. The molecule has 18 heavy (non-hydrogen) atoms. The van der Waals surface area contributed by atoms with Crippen LogP contribution in [0.5, 0.6) is 0 Å². The maximum absolute atomic E-state index is 3.71. The number of halogens is 1. The first-order chi connectivity index (χ1) is 8.45. The quantitative estimate of drug-likeness (QED) is 0.803. The topological polar surface area (TPSA) is 12.0 Å². The van der Waals surface area contributed by atoms with Crippen molar-refractivity contribution >= 4 is 27.3 Å². The van der Waals surface area contributed by atoms with Gasteiger partial charge in [0.25, 0.3) is 0 Å². The highest BCUT2D eigenvalue weighted by Gasteiger charge is 2.29. The minimum atomic E-state index is 0.490. The first-order valence-electron chi connectivity index (χ1n) is 6.91.